The summed E-state index contributed by atoms with van der Waals surface area (Å²) >= 11 is 2.04. The molecule has 0 fully saturated rings. The van der Waals surface area contributed by atoms with Crippen molar-refractivity contribution in [2.75, 3.05) is 0 Å². The average Bonchev–Trinajstić information content (AvgIpc) is 3.01. The van der Waals surface area contributed by atoms with Crippen molar-refractivity contribution >= 4 is 46.3 Å². The van der Waals surface area contributed by atoms with Crippen LogP contribution in [0.2, 0.25) is 19.6 Å². The molecule has 0 radical (unpaired) electrons. The minimum Gasteiger partial charge on any atom is -0.159 e. The average molecular weight is 405 g/mol. The monoisotopic (exact) mass is 404 g/mol. The van der Waals surface area contributed by atoms with Crippen molar-refractivity contribution in [3.05, 3.63) is 69.8 Å². The van der Waals surface area contributed by atoms with Gasteiger partial charge in [0.15, 0.2) is 0 Å². The second-order valence-corrected chi connectivity index (χ2v) is 16.0. The Kier molecular flexibility index (Phi) is 5.80. The van der Waals surface area contributed by atoms with Gasteiger partial charge in [0.2, 0.25) is 0 Å². The van der Waals surface area contributed by atoms with E-state index >= 15 is 0 Å². The molecule has 0 amide bonds. The summed E-state index contributed by atoms with van der Waals surface area (Å²) in [5.74, 6) is 0. The number of hydrogen-bond donors (Lipinski definition) is 0. The smallest absolute Gasteiger partial charge is 0.159 e. The van der Waals surface area contributed by atoms with Crippen molar-refractivity contribution < 1.29 is 0 Å². The zero-order chi connectivity index (χ0) is 20.8. The highest BCUT2D eigenvalue weighted by molar-refractivity contribution is 7.35. The van der Waals surface area contributed by atoms with E-state index in [9.17, 15) is 0 Å². The van der Waals surface area contributed by atoms with Crippen LogP contribution in [0.5, 0.6) is 0 Å². The molecule has 28 heavy (non-hydrogen) atoms. The molecule has 3 heteroatoms. The van der Waals surface area contributed by atoms with E-state index in [0.29, 0.717) is 6.71 Å². The van der Waals surface area contributed by atoms with Crippen LogP contribution < -0.4 is 20.2 Å². The molecule has 3 aromatic rings. The quantitative estimate of drug-likeness (QED) is 0.555. The third-order valence-electron chi connectivity index (χ3n) is 5.70. The second kappa shape index (κ2) is 7.68. The Balaban J connectivity index is 2.32. The van der Waals surface area contributed by atoms with Crippen molar-refractivity contribution in [1.82, 2.24) is 0 Å². The fourth-order valence-electron chi connectivity index (χ4n) is 4.63. The Morgan fingerprint density at radius 2 is 1.04 bits per heavy atom. The van der Waals surface area contributed by atoms with Crippen molar-refractivity contribution in [3.8, 4) is 0 Å². The van der Waals surface area contributed by atoms with Crippen LogP contribution in [0.4, 0.5) is 0 Å². The van der Waals surface area contributed by atoms with Crippen LogP contribution in [0.3, 0.4) is 0 Å². The summed E-state index contributed by atoms with van der Waals surface area (Å²) in [6, 6.07) is 14.2. The van der Waals surface area contributed by atoms with E-state index in [1.165, 1.54) is 49.1 Å². The van der Waals surface area contributed by atoms with Gasteiger partial charge in [0, 0.05) is 0 Å². The molecule has 0 saturated carbocycles. The number of hydrogen-bond acceptors (Lipinski definition) is 1. The zero-order valence-corrected chi connectivity index (χ0v) is 20.8. The highest BCUT2D eigenvalue weighted by atomic mass is 32.1. The molecule has 0 nitrogen and oxygen atoms in total. The fourth-order valence-corrected chi connectivity index (χ4v) is 7.67. The third kappa shape index (κ3) is 4.06. The lowest BCUT2D eigenvalue weighted by atomic mass is 9.37. The van der Waals surface area contributed by atoms with Gasteiger partial charge in [-0.2, -0.15) is 11.3 Å². The molecule has 1 aromatic heterocycles. The van der Waals surface area contributed by atoms with Crippen LogP contribution in [0.25, 0.3) is 0 Å². The van der Waals surface area contributed by atoms with E-state index in [0.717, 1.165) is 0 Å². The summed E-state index contributed by atoms with van der Waals surface area (Å²) in [5.41, 5.74) is 11.3. The summed E-state index contributed by atoms with van der Waals surface area (Å²) in [6.45, 7) is 21.2. The molecule has 146 valence electrons. The first kappa shape index (κ1) is 21.1. The lowest BCUT2D eigenvalue weighted by molar-refractivity contribution is 1.34. The van der Waals surface area contributed by atoms with Crippen LogP contribution in [-0.4, -0.2) is 14.8 Å². The van der Waals surface area contributed by atoms with Crippen LogP contribution in [0.1, 0.15) is 33.4 Å². The minimum atomic E-state index is -1.31. The maximum Gasteiger partial charge on any atom is 0.255 e. The summed E-state index contributed by atoms with van der Waals surface area (Å²) in [6.07, 6.45) is 0. The van der Waals surface area contributed by atoms with Crippen LogP contribution >= 0.6 is 11.3 Å². The lowest BCUT2D eigenvalue weighted by Gasteiger charge is -2.23. The minimum absolute atomic E-state index is 0.316. The SMILES string of the molecule is Cc1cc(C)c(B(c2ccc([Si](C)(C)C)s2)c2c(C)cc(C)cc2C)c(C)c1. The third-order valence-corrected chi connectivity index (χ3v) is 10.5. The molecular formula is C25H33BSSi. The van der Waals surface area contributed by atoms with E-state index in [2.05, 4.69) is 97.6 Å². The maximum atomic E-state index is 2.45. The largest absolute Gasteiger partial charge is 0.255 e. The summed E-state index contributed by atoms with van der Waals surface area (Å²) in [5, 5.41) is 0. The molecule has 0 aliphatic heterocycles. The van der Waals surface area contributed by atoms with Crippen LogP contribution in [0, 0.1) is 41.5 Å². The molecule has 0 N–H and O–H groups in total. The first-order chi connectivity index (χ1) is 13.0. The van der Waals surface area contributed by atoms with Crippen molar-refractivity contribution in [1.29, 1.82) is 0 Å². The predicted molar refractivity (Wildman–Crippen MR) is 133 cm³/mol. The predicted octanol–water partition coefficient (Wildman–Crippen LogP) is 4.66. The molecule has 0 bridgehead atoms. The molecule has 0 aliphatic carbocycles. The van der Waals surface area contributed by atoms with Gasteiger partial charge in [0.25, 0.3) is 6.71 Å². The van der Waals surface area contributed by atoms with E-state index in [-0.39, 0.29) is 0 Å². The number of rotatable bonds is 4. The van der Waals surface area contributed by atoms with Gasteiger partial charge in [-0.3, -0.25) is 0 Å². The van der Waals surface area contributed by atoms with Gasteiger partial charge in [-0.15, -0.1) is 0 Å². The van der Waals surface area contributed by atoms with E-state index < -0.39 is 8.07 Å². The standard InChI is InChI=1S/C25H33BSSi/c1-16-12-18(3)24(19(4)13-16)26(22-10-11-23(27-22)28(7,8)9)25-20(5)14-17(2)15-21(25)6/h10-15H,1-9H3. The topological polar surface area (TPSA) is 0 Å². The van der Waals surface area contributed by atoms with Gasteiger partial charge in [-0.25, -0.2) is 0 Å². The van der Waals surface area contributed by atoms with E-state index in [1.54, 1.807) is 4.50 Å². The van der Waals surface area contributed by atoms with Gasteiger partial charge in [-0.1, -0.05) is 100 Å². The molecule has 0 saturated heterocycles. The first-order valence-electron chi connectivity index (χ1n) is 10.2. The van der Waals surface area contributed by atoms with Gasteiger partial charge in [0.1, 0.15) is 0 Å². The van der Waals surface area contributed by atoms with Crippen molar-refractivity contribution in [2.24, 2.45) is 0 Å². The molecular weight excluding hydrogens is 371 g/mol. The van der Waals surface area contributed by atoms with Crippen molar-refractivity contribution in [3.63, 3.8) is 0 Å². The summed E-state index contributed by atoms with van der Waals surface area (Å²) in [4.78, 5) is 0. The van der Waals surface area contributed by atoms with Crippen molar-refractivity contribution in [2.45, 2.75) is 61.2 Å². The van der Waals surface area contributed by atoms with E-state index in [4.69, 9.17) is 0 Å². The molecule has 1 heterocycles. The van der Waals surface area contributed by atoms with Gasteiger partial charge >= 0.3 is 0 Å². The molecule has 3 rings (SSSR count). The Hall–Kier alpha value is -1.58. The number of benzene rings is 2. The Morgan fingerprint density at radius 1 is 0.643 bits per heavy atom. The Morgan fingerprint density at radius 3 is 1.36 bits per heavy atom. The maximum absolute atomic E-state index is 2.45. The Bertz CT molecular complexity index is 920. The molecule has 0 unspecified atom stereocenters. The molecule has 0 aliphatic rings. The number of aryl methyl sites for hydroxylation is 6. The normalized spacial score (nSPS) is 11.8. The fraction of sp³-hybridized carbons (Fsp3) is 0.360. The molecule has 0 atom stereocenters. The summed E-state index contributed by atoms with van der Waals surface area (Å²) < 4.78 is 3.08. The Labute approximate surface area is 177 Å². The molecule has 2 aromatic carbocycles. The highest BCUT2D eigenvalue weighted by Gasteiger charge is 2.31. The second-order valence-electron chi connectivity index (χ2n) is 9.51. The number of thiophene rings is 1. The van der Waals surface area contributed by atoms with Gasteiger partial charge in [-0.05, 0) is 50.8 Å². The summed E-state index contributed by atoms with van der Waals surface area (Å²) in [7, 11) is -1.31. The van der Waals surface area contributed by atoms with E-state index in [1.807, 2.05) is 11.3 Å². The molecule has 0 spiro atoms. The lowest BCUT2D eigenvalue weighted by Crippen LogP contribution is -2.55. The first-order valence-corrected chi connectivity index (χ1v) is 14.6. The highest BCUT2D eigenvalue weighted by Crippen LogP contribution is 2.15. The van der Waals surface area contributed by atoms with Crippen LogP contribution in [-0.2, 0) is 0 Å². The van der Waals surface area contributed by atoms with Crippen LogP contribution in [0.15, 0.2) is 36.4 Å². The van der Waals surface area contributed by atoms with Gasteiger partial charge < -0.3 is 0 Å². The van der Waals surface area contributed by atoms with Gasteiger partial charge in [0.05, 0.1) is 8.07 Å². The zero-order valence-electron chi connectivity index (χ0n) is 18.9.